The molecule has 1 aromatic rings. The Bertz CT molecular complexity index is 456. The van der Waals surface area contributed by atoms with Gasteiger partial charge < -0.3 is 5.73 Å². The van der Waals surface area contributed by atoms with Crippen molar-refractivity contribution in [3.8, 4) is 0 Å². The lowest BCUT2D eigenvalue weighted by Gasteiger charge is -2.22. The van der Waals surface area contributed by atoms with Crippen LogP contribution in [0.15, 0.2) is 24.3 Å². The fourth-order valence-corrected chi connectivity index (χ4v) is 3.51. The van der Waals surface area contributed by atoms with E-state index in [4.69, 9.17) is 17.3 Å². The van der Waals surface area contributed by atoms with Gasteiger partial charge in [-0.2, -0.15) is 0 Å². The average Bonchev–Trinajstić information content (AvgIpc) is 2.30. The summed E-state index contributed by atoms with van der Waals surface area (Å²) in [6.45, 7) is 3.49. The van der Waals surface area contributed by atoms with E-state index < -0.39 is 21.1 Å². The third kappa shape index (κ3) is 3.44. The molecule has 1 rings (SSSR count). The summed E-state index contributed by atoms with van der Waals surface area (Å²) in [5, 5.41) is 0.0843. The van der Waals surface area contributed by atoms with Crippen molar-refractivity contribution in [2.75, 3.05) is 5.75 Å². The van der Waals surface area contributed by atoms with Crippen LogP contribution in [0.4, 0.5) is 0 Å². The summed E-state index contributed by atoms with van der Waals surface area (Å²) >= 11 is 5.79. The summed E-state index contributed by atoms with van der Waals surface area (Å²) in [4.78, 5) is 0. The summed E-state index contributed by atoms with van der Waals surface area (Å²) in [6, 6.07) is 6.51. The van der Waals surface area contributed by atoms with Crippen molar-refractivity contribution in [2.45, 2.75) is 31.6 Å². The third-order valence-electron chi connectivity index (χ3n) is 2.92. The minimum absolute atomic E-state index is 0.118. The molecule has 0 amide bonds. The molecule has 0 fully saturated rings. The molecule has 96 valence electrons. The molecule has 17 heavy (non-hydrogen) atoms. The summed E-state index contributed by atoms with van der Waals surface area (Å²) in [5.74, 6) is 0.118. The Hall–Kier alpha value is -0.580. The van der Waals surface area contributed by atoms with Gasteiger partial charge in [0.2, 0.25) is 0 Å². The topological polar surface area (TPSA) is 60.2 Å². The largest absolute Gasteiger partial charge is 0.323 e. The normalized spacial score (nSPS) is 15.5. The molecule has 0 aliphatic carbocycles. The first kappa shape index (κ1) is 14.5. The Morgan fingerprint density at radius 2 is 1.76 bits per heavy atom. The second-order valence-electron chi connectivity index (χ2n) is 3.98. The molecule has 0 aliphatic rings. The highest BCUT2D eigenvalue weighted by molar-refractivity contribution is 7.92. The van der Waals surface area contributed by atoms with Crippen LogP contribution in [0, 0.1) is 0 Å². The maximum atomic E-state index is 11.9. The van der Waals surface area contributed by atoms with E-state index in [9.17, 15) is 8.42 Å². The average molecular weight is 276 g/mol. The van der Waals surface area contributed by atoms with Crippen molar-refractivity contribution < 1.29 is 8.42 Å². The van der Waals surface area contributed by atoms with E-state index in [2.05, 4.69) is 0 Å². The van der Waals surface area contributed by atoms with Gasteiger partial charge in [0.25, 0.3) is 0 Å². The van der Waals surface area contributed by atoms with Crippen LogP contribution < -0.4 is 5.73 Å². The number of benzene rings is 1. The summed E-state index contributed by atoms with van der Waals surface area (Å²) in [5.41, 5.74) is 6.84. The lowest BCUT2D eigenvalue weighted by Crippen LogP contribution is -2.34. The predicted octanol–water partition coefficient (Wildman–Crippen LogP) is 2.55. The molecule has 0 bridgehead atoms. The van der Waals surface area contributed by atoms with Crippen molar-refractivity contribution in [1.29, 1.82) is 0 Å². The first-order chi connectivity index (χ1) is 7.92. The van der Waals surface area contributed by atoms with Crippen molar-refractivity contribution in [1.82, 2.24) is 0 Å². The minimum atomic E-state index is -3.13. The van der Waals surface area contributed by atoms with Crippen molar-refractivity contribution in [3.63, 3.8) is 0 Å². The number of rotatable bonds is 5. The standard InChI is InChI=1S/C12H18ClNO2S/c1-3-11(17(15,16)4-2)12(14)9-5-7-10(13)8-6-9/h5-8,11-12H,3-4,14H2,1-2H3/t11-,12+/m0/s1. The first-order valence-corrected chi connectivity index (χ1v) is 7.74. The second-order valence-corrected chi connectivity index (χ2v) is 6.92. The monoisotopic (exact) mass is 275 g/mol. The molecule has 0 saturated heterocycles. The summed E-state index contributed by atoms with van der Waals surface area (Å²) < 4.78 is 23.8. The van der Waals surface area contributed by atoms with Gasteiger partial charge in [0, 0.05) is 16.8 Å². The van der Waals surface area contributed by atoms with Crippen LogP contribution in [-0.4, -0.2) is 19.4 Å². The SMILES string of the molecule is CC[C@@H]([C@H](N)c1ccc(Cl)cc1)S(=O)(=O)CC. The lowest BCUT2D eigenvalue weighted by atomic mass is 10.0. The van der Waals surface area contributed by atoms with E-state index in [1.54, 1.807) is 31.2 Å². The maximum Gasteiger partial charge on any atom is 0.154 e. The maximum absolute atomic E-state index is 11.9. The minimum Gasteiger partial charge on any atom is -0.323 e. The molecule has 2 N–H and O–H groups in total. The second kappa shape index (κ2) is 5.85. The van der Waals surface area contributed by atoms with Crippen LogP contribution in [0.3, 0.4) is 0 Å². The summed E-state index contributed by atoms with van der Waals surface area (Å²) in [7, 11) is -3.13. The Kier molecular flexibility index (Phi) is 4.98. The number of halogens is 1. The Morgan fingerprint density at radius 3 is 2.18 bits per heavy atom. The third-order valence-corrected chi connectivity index (χ3v) is 5.53. The number of hydrogen-bond acceptors (Lipinski definition) is 3. The molecule has 2 atom stereocenters. The number of hydrogen-bond donors (Lipinski definition) is 1. The molecule has 0 aromatic heterocycles. The quantitative estimate of drug-likeness (QED) is 0.898. The van der Waals surface area contributed by atoms with E-state index in [0.29, 0.717) is 11.4 Å². The highest BCUT2D eigenvalue weighted by atomic mass is 35.5. The van der Waals surface area contributed by atoms with Crippen LogP contribution in [-0.2, 0) is 9.84 Å². The van der Waals surface area contributed by atoms with E-state index in [0.717, 1.165) is 5.56 Å². The van der Waals surface area contributed by atoms with Gasteiger partial charge in [0.15, 0.2) is 9.84 Å². The Balaban J connectivity index is 3.02. The van der Waals surface area contributed by atoms with E-state index in [1.807, 2.05) is 6.92 Å². The van der Waals surface area contributed by atoms with E-state index in [1.165, 1.54) is 0 Å². The molecule has 1 aromatic carbocycles. The van der Waals surface area contributed by atoms with E-state index in [-0.39, 0.29) is 5.75 Å². The van der Waals surface area contributed by atoms with Gasteiger partial charge in [-0.25, -0.2) is 8.42 Å². The van der Waals surface area contributed by atoms with Crippen LogP contribution in [0.2, 0.25) is 5.02 Å². The zero-order valence-electron chi connectivity index (χ0n) is 10.1. The van der Waals surface area contributed by atoms with Crippen molar-refractivity contribution in [3.05, 3.63) is 34.9 Å². The van der Waals surface area contributed by atoms with Crippen molar-refractivity contribution in [2.24, 2.45) is 5.73 Å². The highest BCUT2D eigenvalue weighted by Crippen LogP contribution is 2.24. The van der Waals surface area contributed by atoms with Gasteiger partial charge in [0.05, 0.1) is 5.25 Å². The van der Waals surface area contributed by atoms with E-state index >= 15 is 0 Å². The van der Waals surface area contributed by atoms with Crippen LogP contribution >= 0.6 is 11.6 Å². The van der Waals surface area contributed by atoms with Crippen LogP contribution in [0.1, 0.15) is 31.9 Å². The molecular weight excluding hydrogens is 258 g/mol. The van der Waals surface area contributed by atoms with Gasteiger partial charge in [-0.3, -0.25) is 0 Å². The number of nitrogens with two attached hydrogens (primary N) is 1. The van der Waals surface area contributed by atoms with Gasteiger partial charge in [0.1, 0.15) is 0 Å². The van der Waals surface area contributed by atoms with Gasteiger partial charge in [-0.15, -0.1) is 0 Å². The molecule has 0 unspecified atom stereocenters. The molecule has 0 heterocycles. The first-order valence-electron chi connectivity index (χ1n) is 5.65. The molecule has 5 heteroatoms. The highest BCUT2D eigenvalue weighted by Gasteiger charge is 2.29. The zero-order valence-corrected chi connectivity index (χ0v) is 11.6. The van der Waals surface area contributed by atoms with Crippen LogP contribution in [0.25, 0.3) is 0 Å². The van der Waals surface area contributed by atoms with Gasteiger partial charge >= 0.3 is 0 Å². The molecule has 0 saturated carbocycles. The van der Waals surface area contributed by atoms with Gasteiger partial charge in [-0.1, -0.05) is 37.6 Å². The molecular formula is C12H18ClNO2S. The summed E-state index contributed by atoms with van der Waals surface area (Å²) in [6.07, 6.45) is 0.514. The fraction of sp³-hybridized carbons (Fsp3) is 0.500. The molecule has 0 spiro atoms. The van der Waals surface area contributed by atoms with Crippen LogP contribution in [0.5, 0.6) is 0 Å². The predicted molar refractivity (Wildman–Crippen MR) is 71.9 cm³/mol. The Labute approximate surface area is 108 Å². The van der Waals surface area contributed by atoms with Crippen molar-refractivity contribution >= 4 is 21.4 Å². The lowest BCUT2D eigenvalue weighted by molar-refractivity contribution is 0.549. The number of sulfone groups is 1. The fourth-order valence-electron chi connectivity index (χ4n) is 1.84. The molecule has 0 aliphatic heterocycles. The molecule has 3 nitrogen and oxygen atoms in total. The van der Waals surface area contributed by atoms with Gasteiger partial charge in [-0.05, 0) is 24.1 Å². The smallest absolute Gasteiger partial charge is 0.154 e. The zero-order chi connectivity index (χ0) is 13.1. The Morgan fingerprint density at radius 1 is 1.24 bits per heavy atom. The molecule has 0 radical (unpaired) electrons.